The Morgan fingerprint density at radius 2 is 2.05 bits per heavy atom. The molecule has 102 valence electrons. The quantitative estimate of drug-likeness (QED) is 0.813. The summed E-state index contributed by atoms with van der Waals surface area (Å²) in [6, 6.07) is 8.26. The molecule has 1 aromatic carbocycles. The number of anilines is 1. The maximum atomic E-state index is 12.3. The van der Waals surface area contributed by atoms with Gasteiger partial charge in [0.05, 0.1) is 5.56 Å². The van der Waals surface area contributed by atoms with E-state index < -0.39 is 0 Å². The molecule has 2 N–H and O–H groups in total. The minimum Gasteiger partial charge on any atom is -0.382 e. The van der Waals surface area contributed by atoms with Crippen LogP contribution < -0.4 is 10.6 Å². The van der Waals surface area contributed by atoms with Gasteiger partial charge in [0.15, 0.2) is 0 Å². The summed E-state index contributed by atoms with van der Waals surface area (Å²) in [6.45, 7) is 4.14. The molecule has 1 unspecified atom stereocenters. The van der Waals surface area contributed by atoms with E-state index in [0.717, 1.165) is 30.5 Å². The first-order valence-corrected chi connectivity index (χ1v) is 6.98. The number of allylic oxidation sites excluding steroid dienone is 1. The number of hydrogen-bond donors (Lipinski definition) is 2. The smallest absolute Gasteiger partial charge is 0.253 e. The van der Waals surface area contributed by atoms with Crippen LogP contribution in [0.4, 0.5) is 5.69 Å². The predicted octanol–water partition coefficient (Wildman–Crippen LogP) is 3.35. The number of hydrogen-bond acceptors (Lipinski definition) is 2. The normalized spacial score (nSPS) is 18.4. The lowest BCUT2D eigenvalue weighted by molar-refractivity contribution is 0.0935. The van der Waals surface area contributed by atoms with E-state index in [1.165, 1.54) is 0 Å². The molecule has 1 atom stereocenters. The molecule has 0 saturated carbocycles. The molecule has 0 spiro atoms. The van der Waals surface area contributed by atoms with Crippen LogP contribution in [0.3, 0.4) is 0 Å². The lowest BCUT2D eigenvalue weighted by Crippen LogP contribution is -2.35. The van der Waals surface area contributed by atoms with Gasteiger partial charge in [-0.25, -0.2) is 0 Å². The van der Waals surface area contributed by atoms with Gasteiger partial charge < -0.3 is 10.6 Å². The zero-order valence-corrected chi connectivity index (χ0v) is 11.6. The third kappa shape index (κ3) is 3.85. The third-order valence-electron chi connectivity index (χ3n) is 3.22. The molecular weight excluding hydrogens is 236 g/mol. The van der Waals surface area contributed by atoms with Crippen molar-refractivity contribution in [3.63, 3.8) is 0 Å². The Kier molecular flexibility index (Phi) is 4.61. The summed E-state index contributed by atoms with van der Waals surface area (Å²) in [6.07, 6.45) is 7.34. The Hall–Kier alpha value is -1.77. The van der Waals surface area contributed by atoms with Gasteiger partial charge >= 0.3 is 0 Å². The molecule has 0 fully saturated rings. The first kappa shape index (κ1) is 13.7. The molecule has 1 aliphatic carbocycles. The fraction of sp³-hybridized carbons (Fsp3) is 0.438. The number of carbonyl (C=O) groups excluding carboxylic acids is 1. The van der Waals surface area contributed by atoms with E-state index in [1.807, 2.05) is 24.3 Å². The number of benzene rings is 1. The van der Waals surface area contributed by atoms with Gasteiger partial charge in [-0.3, -0.25) is 4.79 Å². The van der Waals surface area contributed by atoms with E-state index in [1.54, 1.807) is 0 Å². The Morgan fingerprint density at radius 3 is 2.74 bits per heavy atom. The summed E-state index contributed by atoms with van der Waals surface area (Å²) in [4.78, 5) is 12.3. The maximum absolute atomic E-state index is 12.3. The van der Waals surface area contributed by atoms with E-state index >= 15 is 0 Å². The number of rotatable bonds is 4. The summed E-state index contributed by atoms with van der Waals surface area (Å²) in [7, 11) is 0. The standard InChI is InChI=1S/C16H22N2O/c1-12(2)17-15-11-7-6-10-14(15)16(19)18-13-8-4-3-5-9-13/h3-4,6-7,10-13,17H,5,8-9H2,1-2H3,(H,18,19). The van der Waals surface area contributed by atoms with E-state index in [2.05, 4.69) is 36.6 Å². The van der Waals surface area contributed by atoms with Crippen LogP contribution in [0.1, 0.15) is 43.5 Å². The van der Waals surface area contributed by atoms with Crippen LogP contribution >= 0.6 is 0 Å². The van der Waals surface area contributed by atoms with Crippen LogP contribution in [0.15, 0.2) is 36.4 Å². The van der Waals surface area contributed by atoms with Crippen molar-refractivity contribution < 1.29 is 4.79 Å². The summed E-state index contributed by atoms with van der Waals surface area (Å²) in [5.74, 6) is 0.0176. The van der Waals surface area contributed by atoms with Crippen molar-refractivity contribution in [3.8, 4) is 0 Å². The first-order chi connectivity index (χ1) is 9.16. The zero-order chi connectivity index (χ0) is 13.7. The van der Waals surface area contributed by atoms with Crippen molar-refractivity contribution in [2.24, 2.45) is 0 Å². The molecule has 0 radical (unpaired) electrons. The topological polar surface area (TPSA) is 41.1 Å². The van der Waals surface area contributed by atoms with Crippen molar-refractivity contribution in [1.82, 2.24) is 5.32 Å². The van der Waals surface area contributed by atoms with Gasteiger partial charge in [-0.2, -0.15) is 0 Å². The van der Waals surface area contributed by atoms with Crippen LogP contribution in [-0.4, -0.2) is 18.0 Å². The van der Waals surface area contributed by atoms with Gasteiger partial charge in [0.1, 0.15) is 0 Å². The summed E-state index contributed by atoms with van der Waals surface area (Å²) in [5.41, 5.74) is 1.63. The Morgan fingerprint density at radius 1 is 1.26 bits per heavy atom. The first-order valence-electron chi connectivity index (χ1n) is 6.98. The van der Waals surface area contributed by atoms with Crippen LogP contribution in [0, 0.1) is 0 Å². The molecular formula is C16H22N2O. The van der Waals surface area contributed by atoms with Crippen molar-refractivity contribution in [2.75, 3.05) is 5.32 Å². The Labute approximate surface area is 115 Å². The molecule has 19 heavy (non-hydrogen) atoms. The highest BCUT2D eigenvalue weighted by Gasteiger charge is 2.16. The number of carbonyl (C=O) groups is 1. The molecule has 3 nitrogen and oxygen atoms in total. The second-order valence-corrected chi connectivity index (χ2v) is 5.30. The highest BCUT2D eigenvalue weighted by atomic mass is 16.1. The number of amides is 1. The van der Waals surface area contributed by atoms with E-state index in [-0.39, 0.29) is 11.9 Å². The number of para-hydroxylation sites is 1. The van der Waals surface area contributed by atoms with Crippen LogP contribution in [0.5, 0.6) is 0 Å². The van der Waals surface area contributed by atoms with Gasteiger partial charge in [-0.15, -0.1) is 0 Å². The summed E-state index contributed by atoms with van der Waals surface area (Å²) < 4.78 is 0. The van der Waals surface area contributed by atoms with Crippen LogP contribution in [0.25, 0.3) is 0 Å². The molecule has 0 aromatic heterocycles. The average molecular weight is 258 g/mol. The molecule has 0 aliphatic heterocycles. The van der Waals surface area contributed by atoms with Crippen molar-refractivity contribution >= 4 is 11.6 Å². The van der Waals surface area contributed by atoms with Gasteiger partial charge in [-0.05, 0) is 45.2 Å². The molecule has 1 aromatic rings. The third-order valence-corrected chi connectivity index (χ3v) is 3.22. The van der Waals surface area contributed by atoms with E-state index in [4.69, 9.17) is 0 Å². The molecule has 3 heteroatoms. The van der Waals surface area contributed by atoms with Crippen LogP contribution in [0.2, 0.25) is 0 Å². The molecule has 1 amide bonds. The van der Waals surface area contributed by atoms with E-state index in [0.29, 0.717) is 6.04 Å². The molecule has 0 saturated heterocycles. The monoisotopic (exact) mass is 258 g/mol. The van der Waals surface area contributed by atoms with E-state index in [9.17, 15) is 4.79 Å². The minimum atomic E-state index is 0.0176. The van der Waals surface area contributed by atoms with Crippen molar-refractivity contribution in [1.29, 1.82) is 0 Å². The number of nitrogens with one attached hydrogen (secondary N) is 2. The van der Waals surface area contributed by atoms with Gasteiger partial charge in [0.25, 0.3) is 5.91 Å². The molecule has 2 rings (SSSR count). The zero-order valence-electron chi connectivity index (χ0n) is 11.6. The fourth-order valence-electron chi connectivity index (χ4n) is 2.31. The fourth-order valence-corrected chi connectivity index (χ4v) is 2.31. The molecule has 0 heterocycles. The van der Waals surface area contributed by atoms with Gasteiger partial charge in [-0.1, -0.05) is 24.3 Å². The van der Waals surface area contributed by atoms with Crippen LogP contribution in [-0.2, 0) is 0 Å². The van der Waals surface area contributed by atoms with Gasteiger partial charge in [0.2, 0.25) is 0 Å². The maximum Gasteiger partial charge on any atom is 0.253 e. The van der Waals surface area contributed by atoms with Crippen molar-refractivity contribution in [3.05, 3.63) is 42.0 Å². The second-order valence-electron chi connectivity index (χ2n) is 5.30. The predicted molar refractivity (Wildman–Crippen MR) is 79.4 cm³/mol. The highest BCUT2D eigenvalue weighted by molar-refractivity contribution is 5.99. The summed E-state index contributed by atoms with van der Waals surface area (Å²) >= 11 is 0. The Balaban J connectivity index is 2.07. The van der Waals surface area contributed by atoms with Crippen molar-refractivity contribution in [2.45, 2.75) is 45.2 Å². The largest absolute Gasteiger partial charge is 0.382 e. The summed E-state index contributed by atoms with van der Waals surface area (Å²) in [5, 5.41) is 6.44. The highest BCUT2D eigenvalue weighted by Crippen LogP contribution is 2.17. The lowest BCUT2D eigenvalue weighted by atomic mass is 10.0. The SMILES string of the molecule is CC(C)Nc1ccccc1C(=O)NC1CC=CCC1. The second kappa shape index (κ2) is 6.41. The molecule has 0 bridgehead atoms. The lowest BCUT2D eigenvalue weighted by Gasteiger charge is -2.21. The molecule has 1 aliphatic rings. The van der Waals surface area contributed by atoms with Gasteiger partial charge in [0, 0.05) is 17.8 Å². The average Bonchev–Trinajstić information content (AvgIpc) is 2.39. The minimum absolute atomic E-state index is 0.0176. The Bertz CT molecular complexity index is 466.